The maximum absolute atomic E-state index is 12.0. The van der Waals surface area contributed by atoms with Gasteiger partial charge in [-0.25, -0.2) is 0 Å². The molecule has 3 nitrogen and oxygen atoms in total. The number of rotatable bonds is 4. The monoisotopic (exact) mass is 363 g/mol. The molecular formula is C12H15Br2NO2. The van der Waals surface area contributed by atoms with Crippen molar-refractivity contribution in [1.29, 1.82) is 0 Å². The quantitative estimate of drug-likeness (QED) is 0.862. The molecule has 0 bridgehead atoms. The molecule has 1 aromatic carbocycles. The predicted molar refractivity (Wildman–Crippen MR) is 75.0 cm³/mol. The minimum absolute atomic E-state index is 0.0580. The van der Waals surface area contributed by atoms with Gasteiger partial charge in [0.05, 0.1) is 18.2 Å². The van der Waals surface area contributed by atoms with Gasteiger partial charge in [0.1, 0.15) is 0 Å². The molecule has 0 fully saturated rings. The van der Waals surface area contributed by atoms with Crippen molar-refractivity contribution in [3.63, 3.8) is 0 Å². The van der Waals surface area contributed by atoms with Crippen molar-refractivity contribution < 1.29 is 9.90 Å². The van der Waals surface area contributed by atoms with Crippen molar-refractivity contribution in [2.75, 3.05) is 6.61 Å². The lowest BCUT2D eigenvalue weighted by molar-refractivity contribution is 0.0896. The fraction of sp³-hybridized carbons (Fsp3) is 0.417. The summed E-state index contributed by atoms with van der Waals surface area (Å²) in [6, 6.07) is 5.14. The first-order chi connectivity index (χ1) is 7.95. The van der Waals surface area contributed by atoms with E-state index in [2.05, 4.69) is 37.2 Å². The molecule has 1 amide bonds. The molecule has 1 aromatic rings. The zero-order chi connectivity index (χ0) is 13.0. The Morgan fingerprint density at radius 3 is 2.53 bits per heavy atom. The van der Waals surface area contributed by atoms with Gasteiger partial charge in [-0.2, -0.15) is 0 Å². The van der Waals surface area contributed by atoms with Crippen molar-refractivity contribution in [2.45, 2.75) is 19.9 Å². The van der Waals surface area contributed by atoms with Gasteiger partial charge in [-0.15, -0.1) is 0 Å². The SMILES string of the molecule is CC(C)[C@@H](CO)NC(=O)c1ccc(Br)cc1Br. The lowest BCUT2D eigenvalue weighted by Crippen LogP contribution is -2.41. The zero-order valence-electron chi connectivity index (χ0n) is 9.71. The molecule has 0 aliphatic carbocycles. The normalized spacial score (nSPS) is 12.6. The Bertz CT molecular complexity index is 407. The molecule has 0 heterocycles. The second-order valence-electron chi connectivity index (χ2n) is 4.13. The first kappa shape index (κ1) is 14.7. The largest absolute Gasteiger partial charge is 0.394 e. The molecule has 0 saturated heterocycles. The van der Waals surface area contributed by atoms with Gasteiger partial charge in [0, 0.05) is 8.95 Å². The minimum Gasteiger partial charge on any atom is -0.394 e. The molecule has 0 aliphatic heterocycles. The summed E-state index contributed by atoms with van der Waals surface area (Å²) >= 11 is 6.67. The summed E-state index contributed by atoms with van der Waals surface area (Å²) in [6.45, 7) is 3.85. The summed E-state index contributed by atoms with van der Waals surface area (Å²) in [5.74, 6) is 0.00954. The molecule has 1 atom stereocenters. The van der Waals surface area contributed by atoms with E-state index in [1.807, 2.05) is 26.0 Å². The van der Waals surface area contributed by atoms with Crippen LogP contribution in [-0.4, -0.2) is 23.7 Å². The molecule has 0 radical (unpaired) electrons. The highest BCUT2D eigenvalue weighted by atomic mass is 79.9. The number of aliphatic hydroxyl groups is 1. The Morgan fingerprint density at radius 2 is 2.06 bits per heavy atom. The van der Waals surface area contributed by atoms with Gasteiger partial charge < -0.3 is 10.4 Å². The number of hydrogen-bond acceptors (Lipinski definition) is 2. The van der Waals surface area contributed by atoms with Crippen LogP contribution in [0.4, 0.5) is 0 Å². The van der Waals surface area contributed by atoms with Crippen LogP contribution in [0, 0.1) is 5.92 Å². The van der Waals surface area contributed by atoms with E-state index in [1.165, 1.54) is 0 Å². The van der Waals surface area contributed by atoms with Crippen LogP contribution in [0.15, 0.2) is 27.1 Å². The van der Waals surface area contributed by atoms with Crippen LogP contribution in [0.25, 0.3) is 0 Å². The Labute approximate surface area is 118 Å². The Balaban J connectivity index is 2.82. The Kier molecular flexibility index (Phi) is 5.62. The van der Waals surface area contributed by atoms with E-state index in [0.717, 1.165) is 8.95 Å². The third-order valence-corrected chi connectivity index (χ3v) is 3.64. The van der Waals surface area contributed by atoms with Crippen molar-refractivity contribution >= 4 is 37.8 Å². The molecule has 0 aromatic heterocycles. The second-order valence-corrected chi connectivity index (χ2v) is 5.90. The van der Waals surface area contributed by atoms with Gasteiger partial charge in [-0.05, 0) is 40.0 Å². The molecule has 0 spiro atoms. The highest BCUT2D eigenvalue weighted by molar-refractivity contribution is 9.11. The van der Waals surface area contributed by atoms with Gasteiger partial charge >= 0.3 is 0 Å². The molecule has 0 aliphatic rings. The molecule has 0 saturated carbocycles. The van der Waals surface area contributed by atoms with Crippen LogP contribution >= 0.6 is 31.9 Å². The number of hydrogen-bond donors (Lipinski definition) is 2. The summed E-state index contributed by atoms with van der Waals surface area (Å²) in [5, 5.41) is 12.0. The lowest BCUT2D eigenvalue weighted by Gasteiger charge is -2.20. The molecule has 94 valence electrons. The van der Waals surface area contributed by atoms with E-state index in [1.54, 1.807) is 6.07 Å². The molecule has 5 heteroatoms. The molecular weight excluding hydrogens is 350 g/mol. The molecule has 2 N–H and O–H groups in total. The van der Waals surface area contributed by atoms with Crippen molar-refractivity contribution in [3.8, 4) is 0 Å². The van der Waals surface area contributed by atoms with Crippen LogP contribution in [0.1, 0.15) is 24.2 Å². The molecule has 0 unspecified atom stereocenters. The number of amides is 1. The number of benzene rings is 1. The van der Waals surface area contributed by atoms with E-state index < -0.39 is 0 Å². The maximum Gasteiger partial charge on any atom is 0.252 e. The van der Waals surface area contributed by atoms with Crippen molar-refractivity contribution in [1.82, 2.24) is 5.32 Å². The first-order valence-corrected chi connectivity index (χ1v) is 6.91. The predicted octanol–water partition coefficient (Wildman–Crippen LogP) is 2.96. The van der Waals surface area contributed by atoms with Crippen LogP contribution in [-0.2, 0) is 0 Å². The van der Waals surface area contributed by atoms with E-state index >= 15 is 0 Å². The summed E-state index contributed by atoms with van der Waals surface area (Å²) in [5.41, 5.74) is 0.562. The minimum atomic E-state index is -0.224. The van der Waals surface area contributed by atoms with Crippen LogP contribution < -0.4 is 5.32 Å². The van der Waals surface area contributed by atoms with Crippen LogP contribution in [0.3, 0.4) is 0 Å². The maximum atomic E-state index is 12.0. The molecule has 1 rings (SSSR count). The number of carbonyl (C=O) groups excluding carboxylic acids is 1. The van der Waals surface area contributed by atoms with Crippen LogP contribution in [0.5, 0.6) is 0 Å². The van der Waals surface area contributed by atoms with E-state index in [-0.39, 0.29) is 24.5 Å². The summed E-state index contributed by atoms with van der Waals surface area (Å²) in [6.07, 6.45) is 0. The zero-order valence-corrected chi connectivity index (χ0v) is 12.9. The third-order valence-electron chi connectivity index (χ3n) is 2.49. The fourth-order valence-corrected chi connectivity index (χ4v) is 2.57. The Hall–Kier alpha value is -0.390. The van der Waals surface area contributed by atoms with Crippen molar-refractivity contribution in [3.05, 3.63) is 32.7 Å². The average molecular weight is 365 g/mol. The van der Waals surface area contributed by atoms with Crippen LogP contribution in [0.2, 0.25) is 0 Å². The van der Waals surface area contributed by atoms with E-state index in [4.69, 9.17) is 0 Å². The Morgan fingerprint density at radius 1 is 1.41 bits per heavy atom. The average Bonchev–Trinajstić information content (AvgIpc) is 2.24. The number of nitrogens with one attached hydrogen (secondary N) is 1. The highest BCUT2D eigenvalue weighted by Crippen LogP contribution is 2.22. The summed E-state index contributed by atoms with van der Waals surface area (Å²) in [4.78, 5) is 12.0. The molecule has 17 heavy (non-hydrogen) atoms. The summed E-state index contributed by atoms with van der Waals surface area (Å²) < 4.78 is 1.63. The topological polar surface area (TPSA) is 49.3 Å². The highest BCUT2D eigenvalue weighted by Gasteiger charge is 2.17. The first-order valence-electron chi connectivity index (χ1n) is 5.32. The summed E-state index contributed by atoms with van der Waals surface area (Å²) in [7, 11) is 0. The van der Waals surface area contributed by atoms with E-state index in [9.17, 15) is 9.90 Å². The van der Waals surface area contributed by atoms with Gasteiger partial charge in [0.25, 0.3) is 5.91 Å². The standard InChI is InChI=1S/C12H15Br2NO2/c1-7(2)11(6-16)15-12(17)9-4-3-8(13)5-10(9)14/h3-5,7,11,16H,6H2,1-2H3,(H,15,17)/t11-/m1/s1. The van der Waals surface area contributed by atoms with Gasteiger partial charge in [-0.3, -0.25) is 4.79 Å². The van der Waals surface area contributed by atoms with Gasteiger partial charge in [0.15, 0.2) is 0 Å². The number of aliphatic hydroxyl groups excluding tert-OH is 1. The number of carbonyl (C=O) groups is 1. The number of halogens is 2. The smallest absolute Gasteiger partial charge is 0.252 e. The van der Waals surface area contributed by atoms with E-state index in [0.29, 0.717) is 5.56 Å². The van der Waals surface area contributed by atoms with Gasteiger partial charge in [-0.1, -0.05) is 29.8 Å². The third kappa shape index (κ3) is 4.08. The fourth-order valence-electron chi connectivity index (χ4n) is 1.34. The van der Waals surface area contributed by atoms with Crippen molar-refractivity contribution in [2.24, 2.45) is 5.92 Å². The second kappa shape index (κ2) is 6.52. The van der Waals surface area contributed by atoms with Gasteiger partial charge in [0.2, 0.25) is 0 Å². The lowest BCUT2D eigenvalue weighted by atomic mass is 10.0.